The zero-order valence-electron chi connectivity index (χ0n) is 20.1. The Morgan fingerprint density at radius 3 is 2.74 bits per heavy atom. The first-order valence-electron chi connectivity index (χ1n) is 11.4. The van der Waals surface area contributed by atoms with E-state index >= 15 is 0 Å². The Hall–Kier alpha value is -1.59. The fourth-order valence-electron chi connectivity index (χ4n) is 3.94. The van der Waals surface area contributed by atoms with Crippen LogP contribution >= 0.6 is 12.0 Å². The summed E-state index contributed by atoms with van der Waals surface area (Å²) >= 11 is 0.439. The van der Waals surface area contributed by atoms with Crippen LogP contribution < -0.4 is 71.1 Å². The molecular weight excluding hydrogens is 489 g/mol. The van der Waals surface area contributed by atoms with E-state index in [2.05, 4.69) is 15.2 Å². The standard InChI is InChI=1S/C26H29N3O4S.K/c1-2-32-23-10-3-4-11-24(23)33-21-8-6-14-29(18-21)25-13-12-20(17-27-25)26(30)28-16-19-7-5-9-22(15-19)34-31;/h3-5,7,9-13,15,17,21,31H,2,6,8,14,16,18H2,1H3,(H,28,30);/q;+1/p-1. The zero-order valence-corrected chi connectivity index (χ0v) is 24.0. The van der Waals surface area contributed by atoms with Gasteiger partial charge in [-0.3, -0.25) is 4.79 Å². The average molecular weight is 518 g/mol. The van der Waals surface area contributed by atoms with Crippen LogP contribution in [0, 0.1) is 0 Å². The number of anilines is 1. The topological polar surface area (TPSA) is 86.8 Å². The van der Waals surface area contributed by atoms with Crippen molar-refractivity contribution in [3.05, 3.63) is 78.0 Å². The number of hydrogen-bond acceptors (Lipinski definition) is 7. The summed E-state index contributed by atoms with van der Waals surface area (Å²) in [5, 5.41) is 2.88. The van der Waals surface area contributed by atoms with Gasteiger partial charge in [-0.25, -0.2) is 17.0 Å². The maximum Gasteiger partial charge on any atom is 1.00 e. The molecule has 1 amide bonds. The van der Waals surface area contributed by atoms with E-state index in [9.17, 15) is 9.35 Å². The number of ether oxygens (including phenoxy) is 2. The van der Waals surface area contributed by atoms with Crippen LogP contribution in [0.4, 0.5) is 5.82 Å². The van der Waals surface area contributed by atoms with Crippen LogP contribution in [0.2, 0.25) is 0 Å². The molecule has 7 nitrogen and oxygen atoms in total. The number of nitrogens with one attached hydrogen (secondary N) is 1. The van der Waals surface area contributed by atoms with Crippen molar-refractivity contribution in [1.29, 1.82) is 0 Å². The molecule has 1 saturated heterocycles. The van der Waals surface area contributed by atoms with Crippen LogP contribution in [0.1, 0.15) is 35.7 Å². The first-order valence-corrected chi connectivity index (χ1v) is 12.2. The SMILES string of the molecule is CCOc1ccccc1OC1CCCN(c2ccc(C(=O)NCc3cccc(S[O-])c3)cn2)C1.[K+]. The third kappa shape index (κ3) is 7.95. The molecule has 1 unspecified atom stereocenters. The molecule has 178 valence electrons. The van der Waals surface area contributed by atoms with Gasteiger partial charge in [0, 0.05) is 19.3 Å². The van der Waals surface area contributed by atoms with Crippen molar-refractivity contribution < 1.29 is 70.2 Å². The predicted molar refractivity (Wildman–Crippen MR) is 132 cm³/mol. The molecule has 2 aromatic carbocycles. The molecule has 3 aromatic rings. The number of carbonyl (C=O) groups excluding carboxylic acids is 1. The van der Waals surface area contributed by atoms with E-state index in [0.717, 1.165) is 42.3 Å². The molecule has 0 aliphatic carbocycles. The number of nitrogens with zero attached hydrogens (tertiary/aromatic N) is 2. The Labute approximate surface area is 253 Å². The quantitative estimate of drug-likeness (QED) is 0.341. The molecule has 4 rings (SSSR count). The largest absolute Gasteiger partial charge is 1.00 e. The second-order valence-corrected chi connectivity index (χ2v) is 8.66. The first-order chi connectivity index (χ1) is 16.7. The van der Waals surface area contributed by atoms with Crippen LogP contribution in [-0.4, -0.2) is 41.2 Å². The summed E-state index contributed by atoms with van der Waals surface area (Å²) in [6, 6.07) is 18.6. The summed E-state index contributed by atoms with van der Waals surface area (Å²) < 4.78 is 22.9. The molecule has 1 N–H and O–H groups in total. The van der Waals surface area contributed by atoms with Crippen LogP contribution in [-0.2, 0) is 6.54 Å². The molecule has 1 aliphatic heterocycles. The third-order valence-electron chi connectivity index (χ3n) is 5.60. The summed E-state index contributed by atoms with van der Waals surface area (Å²) in [7, 11) is 0. The molecule has 2 heterocycles. The van der Waals surface area contributed by atoms with Crippen molar-refractivity contribution in [2.75, 3.05) is 24.6 Å². The number of amides is 1. The monoisotopic (exact) mass is 517 g/mol. The first kappa shape index (κ1) is 28.0. The van der Waals surface area contributed by atoms with Crippen LogP contribution in [0.5, 0.6) is 11.5 Å². The Kier molecular flexibility index (Phi) is 11.4. The van der Waals surface area contributed by atoms with Gasteiger partial charge >= 0.3 is 51.4 Å². The Bertz CT molecular complexity index is 1100. The molecule has 1 aromatic heterocycles. The van der Waals surface area contributed by atoms with E-state index in [0.29, 0.717) is 42.2 Å². The third-order valence-corrected chi connectivity index (χ3v) is 6.05. The molecule has 0 saturated carbocycles. The van der Waals surface area contributed by atoms with Gasteiger partial charge in [0.1, 0.15) is 11.9 Å². The maximum atomic E-state index is 12.5. The van der Waals surface area contributed by atoms with Crippen molar-refractivity contribution >= 4 is 23.8 Å². The van der Waals surface area contributed by atoms with Gasteiger partial charge in [-0.05, 0) is 66.6 Å². The second-order valence-electron chi connectivity index (χ2n) is 8.03. The van der Waals surface area contributed by atoms with Crippen molar-refractivity contribution in [1.82, 2.24) is 10.3 Å². The number of benzene rings is 2. The van der Waals surface area contributed by atoms with Crippen molar-refractivity contribution in [2.45, 2.75) is 37.3 Å². The molecule has 0 spiro atoms. The van der Waals surface area contributed by atoms with Gasteiger partial charge in [-0.15, -0.1) is 0 Å². The number of hydrogen-bond donors (Lipinski definition) is 1. The van der Waals surface area contributed by atoms with E-state index < -0.39 is 0 Å². The Morgan fingerprint density at radius 2 is 2.00 bits per heavy atom. The van der Waals surface area contributed by atoms with E-state index in [4.69, 9.17) is 9.47 Å². The fraction of sp³-hybridized carbons (Fsp3) is 0.308. The van der Waals surface area contributed by atoms with Gasteiger partial charge in [-0.2, -0.15) is 0 Å². The van der Waals surface area contributed by atoms with Gasteiger partial charge in [0.05, 0.1) is 18.7 Å². The van der Waals surface area contributed by atoms with Crippen LogP contribution in [0.3, 0.4) is 0 Å². The molecule has 1 fully saturated rings. The molecule has 9 heteroatoms. The fourth-order valence-corrected chi connectivity index (χ4v) is 4.28. The number of aromatic nitrogens is 1. The number of piperidine rings is 1. The predicted octanol–water partition coefficient (Wildman–Crippen LogP) is 1.68. The van der Waals surface area contributed by atoms with Gasteiger partial charge in [0.25, 0.3) is 5.91 Å². The van der Waals surface area contributed by atoms with Crippen LogP contribution in [0.25, 0.3) is 0 Å². The van der Waals surface area contributed by atoms with E-state index in [1.54, 1.807) is 24.4 Å². The molecule has 1 atom stereocenters. The number of pyridine rings is 1. The molecule has 0 bridgehead atoms. The van der Waals surface area contributed by atoms with Crippen LogP contribution in [0.15, 0.2) is 71.8 Å². The van der Waals surface area contributed by atoms with Crippen molar-refractivity contribution in [2.24, 2.45) is 0 Å². The van der Waals surface area contributed by atoms with Gasteiger partial charge < -0.3 is 24.2 Å². The molecular formula is C26H28KN3O4S. The molecule has 0 radical (unpaired) electrons. The normalized spacial score (nSPS) is 15.1. The molecule has 1 aliphatic rings. The second kappa shape index (κ2) is 14.2. The zero-order chi connectivity index (χ0) is 23.8. The van der Waals surface area contributed by atoms with E-state index in [-0.39, 0.29) is 63.4 Å². The maximum absolute atomic E-state index is 12.5. The number of para-hydroxylation sites is 2. The van der Waals surface area contributed by atoms with Crippen molar-refractivity contribution in [3.63, 3.8) is 0 Å². The van der Waals surface area contributed by atoms with Crippen molar-refractivity contribution in [3.8, 4) is 11.5 Å². The summed E-state index contributed by atoms with van der Waals surface area (Å²) in [4.78, 5) is 19.9. The summed E-state index contributed by atoms with van der Waals surface area (Å²) in [6.45, 7) is 4.50. The van der Waals surface area contributed by atoms with Gasteiger partial charge in [0.15, 0.2) is 11.5 Å². The minimum absolute atomic E-state index is 0. The minimum Gasteiger partial charge on any atom is -0.795 e. The van der Waals surface area contributed by atoms with Gasteiger partial charge in [0.2, 0.25) is 0 Å². The average Bonchev–Trinajstić information content (AvgIpc) is 2.89. The van der Waals surface area contributed by atoms with E-state index in [1.807, 2.05) is 49.4 Å². The number of carbonyl (C=O) groups is 1. The molecule has 35 heavy (non-hydrogen) atoms. The smallest absolute Gasteiger partial charge is 0.795 e. The minimum atomic E-state index is -0.202. The van der Waals surface area contributed by atoms with Gasteiger partial charge in [-0.1, -0.05) is 24.3 Å². The Balaban J connectivity index is 0.00000342. The van der Waals surface area contributed by atoms with E-state index in [1.165, 1.54) is 0 Å². The summed E-state index contributed by atoms with van der Waals surface area (Å²) in [5.74, 6) is 2.14. The Morgan fingerprint density at radius 1 is 1.17 bits per heavy atom. The number of rotatable bonds is 9. The summed E-state index contributed by atoms with van der Waals surface area (Å²) in [5.41, 5.74) is 1.37. The summed E-state index contributed by atoms with van der Waals surface area (Å²) in [6.07, 6.45) is 3.59.